The van der Waals surface area contributed by atoms with Crippen molar-refractivity contribution >= 4 is 11.8 Å². The van der Waals surface area contributed by atoms with Gasteiger partial charge in [0.1, 0.15) is 23.1 Å². The molecule has 0 aliphatic heterocycles. The Kier molecular flexibility index (Phi) is 4.78. The Morgan fingerprint density at radius 3 is 2.77 bits per heavy atom. The van der Waals surface area contributed by atoms with Crippen molar-refractivity contribution in [3.8, 4) is 23.1 Å². The highest BCUT2D eigenvalue weighted by Crippen LogP contribution is 2.34. The second kappa shape index (κ2) is 6.58. The number of nitrogens with zero attached hydrogens (tertiary/aromatic N) is 2. The second-order valence-corrected chi connectivity index (χ2v) is 4.87. The fraction of sp³-hybridized carbons (Fsp3) is 0.214. The molecule has 0 aliphatic rings. The average Bonchev–Trinajstić information content (AvgIpc) is 2.50. The Labute approximate surface area is 129 Å². The predicted molar refractivity (Wildman–Crippen MR) is 77.9 cm³/mol. The van der Waals surface area contributed by atoms with Crippen LogP contribution in [-0.4, -0.2) is 22.8 Å². The van der Waals surface area contributed by atoms with Crippen LogP contribution < -0.4 is 10.3 Å². The number of nitriles is 1. The van der Waals surface area contributed by atoms with Crippen LogP contribution in [-0.2, 0) is 0 Å². The van der Waals surface area contributed by atoms with E-state index >= 15 is 0 Å². The predicted octanol–water partition coefficient (Wildman–Crippen LogP) is 2.71. The first kappa shape index (κ1) is 16.0. The number of benzene rings is 1. The van der Waals surface area contributed by atoms with E-state index in [1.807, 2.05) is 0 Å². The molecule has 0 saturated carbocycles. The lowest BCUT2D eigenvalue weighted by atomic mass is 10.1. The van der Waals surface area contributed by atoms with Gasteiger partial charge in [-0.2, -0.15) is 5.26 Å². The molecule has 0 radical (unpaired) electrons. The van der Waals surface area contributed by atoms with E-state index < -0.39 is 22.8 Å². The topological polar surface area (TPSA) is 78.8 Å². The highest BCUT2D eigenvalue weighted by Gasteiger charge is 2.23. The molecule has 5 nitrogen and oxygen atoms in total. The normalized spacial score (nSPS) is 10.3. The Morgan fingerprint density at radius 1 is 1.45 bits per heavy atom. The molecule has 1 N–H and O–H groups in total. The first-order valence-corrected chi connectivity index (χ1v) is 7.45. The zero-order valence-corrected chi connectivity index (χ0v) is 12.6. The molecule has 8 heteroatoms. The number of hydrogen-bond acceptors (Lipinski definition) is 5. The van der Waals surface area contributed by atoms with E-state index in [0.29, 0.717) is 0 Å². The summed E-state index contributed by atoms with van der Waals surface area (Å²) >= 11 is 1.11. The van der Waals surface area contributed by atoms with Crippen molar-refractivity contribution in [1.82, 2.24) is 9.97 Å². The lowest BCUT2D eigenvalue weighted by Crippen LogP contribution is -2.15. The van der Waals surface area contributed by atoms with Gasteiger partial charge in [0.05, 0.1) is 12.2 Å². The molecule has 1 heterocycles. The lowest BCUT2D eigenvalue weighted by Gasteiger charge is -2.12. The maximum absolute atomic E-state index is 14.2. The van der Waals surface area contributed by atoms with Gasteiger partial charge in [-0.15, -0.1) is 0 Å². The van der Waals surface area contributed by atoms with Crippen LogP contribution in [0.15, 0.2) is 22.1 Å². The summed E-state index contributed by atoms with van der Waals surface area (Å²) in [5.41, 5.74) is -1.69. The Hall–Kier alpha value is -2.40. The zero-order valence-electron chi connectivity index (χ0n) is 11.7. The molecule has 0 atom stereocenters. The van der Waals surface area contributed by atoms with Crippen LogP contribution in [0.4, 0.5) is 8.78 Å². The molecule has 0 saturated heterocycles. The minimum atomic E-state index is -1.22. The molecule has 22 heavy (non-hydrogen) atoms. The molecule has 114 valence electrons. The van der Waals surface area contributed by atoms with Gasteiger partial charge in [0, 0.05) is 0 Å². The van der Waals surface area contributed by atoms with Crippen LogP contribution in [0.25, 0.3) is 11.3 Å². The molecular formula is C14H11F2N3O2S. The fourth-order valence-electron chi connectivity index (χ4n) is 1.86. The van der Waals surface area contributed by atoms with Crippen LogP contribution >= 0.6 is 11.8 Å². The number of nitrogens with one attached hydrogen (secondary N) is 1. The van der Waals surface area contributed by atoms with Gasteiger partial charge in [-0.1, -0.05) is 11.8 Å². The highest BCUT2D eigenvalue weighted by molar-refractivity contribution is 7.98. The number of rotatable bonds is 4. The Balaban J connectivity index is 2.87. The molecule has 0 amide bonds. The molecule has 0 bridgehead atoms. The van der Waals surface area contributed by atoms with Gasteiger partial charge in [-0.05, 0) is 25.3 Å². The van der Waals surface area contributed by atoms with Gasteiger partial charge in [-0.3, -0.25) is 4.79 Å². The summed E-state index contributed by atoms with van der Waals surface area (Å²) in [6.45, 7) is 1.88. The van der Waals surface area contributed by atoms with Gasteiger partial charge in [0.15, 0.2) is 16.8 Å². The maximum atomic E-state index is 14.2. The zero-order chi connectivity index (χ0) is 16.3. The van der Waals surface area contributed by atoms with Crippen molar-refractivity contribution < 1.29 is 13.5 Å². The molecular weight excluding hydrogens is 312 g/mol. The first-order valence-electron chi connectivity index (χ1n) is 6.23. The van der Waals surface area contributed by atoms with Crippen LogP contribution in [0.5, 0.6) is 5.75 Å². The number of ether oxygens (including phenoxy) is 1. The first-order chi connectivity index (χ1) is 10.5. The quantitative estimate of drug-likeness (QED) is 0.691. The lowest BCUT2D eigenvalue weighted by molar-refractivity contribution is 0.338. The molecule has 1 aromatic heterocycles. The molecule has 1 aromatic carbocycles. The third-order valence-electron chi connectivity index (χ3n) is 2.80. The van der Waals surface area contributed by atoms with Crippen LogP contribution in [0.1, 0.15) is 12.5 Å². The molecule has 0 fully saturated rings. The van der Waals surface area contributed by atoms with E-state index in [-0.39, 0.29) is 28.8 Å². The minimum absolute atomic E-state index is 0.0167. The van der Waals surface area contributed by atoms with Crippen molar-refractivity contribution in [3.05, 3.63) is 39.7 Å². The van der Waals surface area contributed by atoms with E-state index in [0.717, 1.165) is 17.8 Å². The second-order valence-electron chi connectivity index (χ2n) is 4.08. The van der Waals surface area contributed by atoms with Gasteiger partial charge in [-0.25, -0.2) is 13.8 Å². The summed E-state index contributed by atoms with van der Waals surface area (Å²) < 4.78 is 33.1. The van der Waals surface area contributed by atoms with Gasteiger partial charge in [0.2, 0.25) is 0 Å². The smallest absolute Gasteiger partial charge is 0.270 e. The Morgan fingerprint density at radius 2 is 2.18 bits per heavy atom. The van der Waals surface area contributed by atoms with E-state index in [4.69, 9.17) is 10.00 Å². The summed E-state index contributed by atoms with van der Waals surface area (Å²) in [5.74, 6) is -2.31. The molecule has 0 aliphatic carbocycles. The summed E-state index contributed by atoms with van der Waals surface area (Å²) in [5, 5.41) is 9.32. The third-order valence-corrected chi connectivity index (χ3v) is 3.38. The van der Waals surface area contributed by atoms with E-state index in [1.165, 1.54) is 6.07 Å². The number of thioether (sulfide) groups is 1. The molecule has 2 rings (SSSR count). The summed E-state index contributed by atoms with van der Waals surface area (Å²) in [7, 11) is 0. The monoisotopic (exact) mass is 323 g/mol. The van der Waals surface area contributed by atoms with Crippen molar-refractivity contribution in [2.24, 2.45) is 0 Å². The standard InChI is InChI=1S/C14H11F2N3O2S/c1-3-21-9-5-4-8(15)11(16)10(9)12-7(6-17)13(20)19-14(18-12)22-2/h4-5H,3H2,1-2H3,(H,18,19,20). The molecule has 2 aromatic rings. The van der Waals surface area contributed by atoms with Crippen LogP contribution in [0.2, 0.25) is 0 Å². The van der Waals surface area contributed by atoms with E-state index in [9.17, 15) is 13.6 Å². The Bertz CT molecular complexity index is 815. The number of aromatic nitrogens is 2. The van der Waals surface area contributed by atoms with Crippen LogP contribution in [0, 0.1) is 23.0 Å². The molecule has 0 spiro atoms. The summed E-state index contributed by atoms with van der Waals surface area (Å²) in [6.07, 6.45) is 1.65. The highest BCUT2D eigenvalue weighted by atomic mass is 32.2. The van der Waals surface area contributed by atoms with E-state index in [1.54, 1.807) is 19.2 Å². The van der Waals surface area contributed by atoms with Gasteiger partial charge < -0.3 is 9.72 Å². The number of aromatic amines is 1. The van der Waals surface area contributed by atoms with Crippen LogP contribution in [0.3, 0.4) is 0 Å². The number of H-pyrrole nitrogens is 1. The summed E-state index contributed by atoms with van der Waals surface area (Å²) in [6, 6.07) is 3.82. The fourth-order valence-corrected chi connectivity index (χ4v) is 2.24. The van der Waals surface area contributed by atoms with E-state index in [2.05, 4.69) is 9.97 Å². The summed E-state index contributed by atoms with van der Waals surface area (Å²) in [4.78, 5) is 18.3. The average molecular weight is 323 g/mol. The number of hydrogen-bond donors (Lipinski definition) is 1. The van der Waals surface area contributed by atoms with Gasteiger partial charge in [0.25, 0.3) is 5.56 Å². The number of halogens is 2. The largest absolute Gasteiger partial charge is 0.493 e. The van der Waals surface area contributed by atoms with Crippen molar-refractivity contribution in [1.29, 1.82) is 5.26 Å². The van der Waals surface area contributed by atoms with Gasteiger partial charge >= 0.3 is 0 Å². The molecule has 0 unspecified atom stereocenters. The third kappa shape index (κ3) is 2.80. The van der Waals surface area contributed by atoms with Crippen molar-refractivity contribution in [2.75, 3.05) is 12.9 Å². The van der Waals surface area contributed by atoms with Crippen molar-refractivity contribution in [3.63, 3.8) is 0 Å². The minimum Gasteiger partial charge on any atom is -0.493 e. The maximum Gasteiger partial charge on any atom is 0.270 e. The SMILES string of the molecule is CCOc1ccc(F)c(F)c1-c1nc(SC)[nH]c(=O)c1C#N. The van der Waals surface area contributed by atoms with Crippen molar-refractivity contribution in [2.45, 2.75) is 12.1 Å².